The predicted molar refractivity (Wildman–Crippen MR) is 63.2 cm³/mol. The number of ether oxygens (including phenoxy) is 1. The van der Waals surface area contributed by atoms with Gasteiger partial charge in [0.05, 0.1) is 12.7 Å². The number of aliphatic hydroxyl groups excluding tert-OH is 1. The topological polar surface area (TPSA) is 54.4 Å². The summed E-state index contributed by atoms with van der Waals surface area (Å²) in [5.41, 5.74) is 2.19. The fraction of sp³-hybridized carbons (Fsp3) is 0.583. The van der Waals surface area contributed by atoms with E-state index in [4.69, 9.17) is 4.74 Å². The Bertz CT molecular complexity index is 288. The number of nitrogens with zero attached hydrogens (tertiary/aromatic N) is 1. The van der Waals surface area contributed by atoms with Gasteiger partial charge in [0.25, 0.3) is 0 Å². The van der Waals surface area contributed by atoms with Crippen molar-refractivity contribution in [3.63, 3.8) is 0 Å². The summed E-state index contributed by atoms with van der Waals surface area (Å²) in [7, 11) is 1.59. The van der Waals surface area contributed by atoms with Gasteiger partial charge in [0.1, 0.15) is 0 Å². The Kier molecular flexibility index (Phi) is 6.00. The smallest absolute Gasteiger partial charge is 0.0785 e. The van der Waals surface area contributed by atoms with Gasteiger partial charge in [-0.25, -0.2) is 0 Å². The van der Waals surface area contributed by atoms with Crippen molar-refractivity contribution in [1.82, 2.24) is 10.3 Å². The van der Waals surface area contributed by atoms with E-state index in [1.165, 1.54) is 0 Å². The molecule has 1 aromatic heterocycles. The molecule has 1 heterocycles. The quantitative estimate of drug-likeness (QED) is 0.675. The first-order valence-corrected chi connectivity index (χ1v) is 5.51. The number of methoxy groups -OCH3 is 1. The number of aliphatic hydroxyl groups is 1. The molecular weight excluding hydrogens is 204 g/mol. The number of rotatable bonds is 7. The first-order chi connectivity index (χ1) is 7.72. The van der Waals surface area contributed by atoms with Gasteiger partial charge < -0.3 is 15.2 Å². The first kappa shape index (κ1) is 13.1. The van der Waals surface area contributed by atoms with E-state index < -0.39 is 0 Å². The summed E-state index contributed by atoms with van der Waals surface area (Å²) in [6.45, 7) is 3.93. The molecule has 0 amide bonds. The van der Waals surface area contributed by atoms with Crippen molar-refractivity contribution < 1.29 is 9.84 Å². The number of aromatic nitrogens is 1. The summed E-state index contributed by atoms with van der Waals surface area (Å²) in [6.07, 6.45) is 2.19. The maximum absolute atomic E-state index is 9.41. The molecule has 0 aliphatic rings. The number of nitrogens with one attached hydrogen (secondary N) is 1. The Hall–Kier alpha value is -0.970. The summed E-state index contributed by atoms with van der Waals surface area (Å²) >= 11 is 0. The molecule has 0 aromatic carbocycles. The van der Waals surface area contributed by atoms with E-state index in [1.54, 1.807) is 7.11 Å². The van der Waals surface area contributed by atoms with Crippen LogP contribution in [0.1, 0.15) is 17.7 Å². The minimum absolute atomic E-state index is 0.381. The van der Waals surface area contributed by atoms with Crippen LogP contribution in [0.25, 0.3) is 0 Å². The predicted octanol–water partition coefficient (Wildman–Crippen LogP) is 0.877. The van der Waals surface area contributed by atoms with Crippen molar-refractivity contribution in [2.75, 3.05) is 20.3 Å². The summed E-state index contributed by atoms with van der Waals surface area (Å²) in [6, 6.07) is 4.05. The zero-order chi connectivity index (χ0) is 11.8. The van der Waals surface area contributed by atoms with Gasteiger partial charge in [0.15, 0.2) is 0 Å². The van der Waals surface area contributed by atoms with Gasteiger partial charge in [-0.3, -0.25) is 4.98 Å². The molecule has 0 aliphatic carbocycles. The van der Waals surface area contributed by atoms with Gasteiger partial charge in [-0.15, -0.1) is 0 Å². The second-order valence-corrected chi connectivity index (χ2v) is 3.88. The van der Waals surface area contributed by atoms with Crippen LogP contribution in [-0.4, -0.2) is 36.5 Å². The van der Waals surface area contributed by atoms with E-state index in [0.717, 1.165) is 24.3 Å². The molecule has 16 heavy (non-hydrogen) atoms. The monoisotopic (exact) mass is 224 g/mol. The van der Waals surface area contributed by atoms with E-state index in [0.29, 0.717) is 13.0 Å². The maximum Gasteiger partial charge on any atom is 0.0785 e. The van der Waals surface area contributed by atoms with Crippen LogP contribution in [0.4, 0.5) is 0 Å². The van der Waals surface area contributed by atoms with Crippen LogP contribution >= 0.6 is 0 Å². The lowest BCUT2D eigenvalue weighted by atomic mass is 10.2. The Balaban J connectivity index is 2.13. The molecule has 4 heteroatoms. The molecular formula is C12H20N2O2. The Labute approximate surface area is 96.7 Å². The molecule has 4 nitrogen and oxygen atoms in total. The molecule has 1 unspecified atom stereocenters. The molecule has 0 spiro atoms. The van der Waals surface area contributed by atoms with Crippen molar-refractivity contribution in [3.8, 4) is 0 Å². The first-order valence-electron chi connectivity index (χ1n) is 5.51. The molecule has 1 aromatic rings. The average Bonchev–Trinajstić information content (AvgIpc) is 2.27. The molecule has 2 N–H and O–H groups in total. The molecule has 0 saturated heterocycles. The van der Waals surface area contributed by atoms with Gasteiger partial charge in [0.2, 0.25) is 0 Å². The van der Waals surface area contributed by atoms with Gasteiger partial charge in [0, 0.05) is 25.5 Å². The summed E-state index contributed by atoms with van der Waals surface area (Å²) < 4.78 is 4.84. The molecule has 1 rings (SSSR count). The van der Waals surface area contributed by atoms with Crippen LogP contribution in [0.2, 0.25) is 0 Å². The normalized spacial score (nSPS) is 12.7. The highest BCUT2D eigenvalue weighted by atomic mass is 16.5. The van der Waals surface area contributed by atoms with Crippen molar-refractivity contribution in [3.05, 3.63) is 29.6 Å². The van der Waals surface area contributed by atoms with E-state index >= 15 is 0 Å². The van der Waals surface area contributed by atoms with Crippen molar-refractivity contribution >= 4 is 0 Å². The van der Waals surface area contributed by atoms with E-state index in [2.05, 4.69) is 16.4 Å². The van der Waals surface area contributed by atoms with Crippen LogP contribution in [0.15, 0.2) is 18.3 Å². The molecule has 0 aliphatic heterocycles. The third-order valence-corrected chi connectivity index (χ3v) is 2.32. The van der Waals surface area contributed by atoms with Gasteiger partial charge >= 0.3 is 0 Å². The van der Waals surface area contributed by atoms with Crippen molar-refractivity contribution in [1.29, 1.82) is 0 Å². The number of hydrogen-bond acceptors (Lipinski definition) is 4. The number of aryl methyl sites for hydroxylation is 1. The highest BCUT2D eigenvalue weighted by Crippen LogP contribution is 1.98. The lowest BCUT2D eigenvalue weighted by molar-refractivity contribution is 0.0594. The average molecular weight is 224 g/mol. The standard InChI is InChI=1S/C12H20N2O2/c1-10-3-4-11(8-14-10)7-13-6-5-12(15)9-16-2/h3-4,8,12-13,15H,5-7,9H2,1-2H3. The summed E-state index contributed by atoms with van der Waals surface area (Å²) in [4.78, 5) is 4.21. The number of hydrogen-bond donors (Lipinski definition) is 2. The lowest BCUT2D eigenvalue weighted by Gasteiger charge is -2.09. The summed E-state index contributed by atoms with van der Waals surface area (Å²) in [5, 5.41) is 12.7. The Morgan fingerprint density at radius 2 is 2.31 bits per heavy atom. The third kappa shape index (κ3) is 5.21. The van der Waals surface area contributed by atoms with Gasteiger partial charge in [-0.1, -0.05) is 6.07 Å². The van der Waals surface area contributed by atoms with Crippen LogP contribution < -0.4 is 5.32 Å². The Morgan fingerprint density at radius 3 is 2.94 bits per heavy atom. The second-order valence-electron chi connectivity index (χ2n) is 3.88. The third-order valence-electron chi connectivity index (χ3n) is 2.32. The lowest BCUT2D eigenvalue weighted by Crippen LogP contribution is -2.23. The minimum Gasteiger partial charge on any atom is -0.391 e. The van der Waals surface area contributed by atoms with E-state index in [1.807, 2.05) is 19.2 Å². The van der Waals surface area contributed by atoms with Crippen molar-refractivity contribution in [2.45, 2.75) is 26.0 Å². The van der Waals surface area contributed by atoms with Crippen molar-refractivity contribution in [2.24, 2.45) is 0 Å². The maximum atomic E-state index is 9.41. The Morgan fingerprint density at radius 1 is 1.50 bits per heavy atom. The van der Waals surface area contributed by atoms with E-state index in [9.17, 15) is 5.11 Å². The van der Waals surface area contributed by atoms with Crippen LogP contribution in [0.5, 0.6) is 0 Å². The molecule has 0 saturated carbocycles. The molecule has 0 bridgehead atoms. The SMILES string of the molecule is COCC(O)CCNCc1ccc(C)nc1. The molecule has 1 atom stereocenters. The van der Waals surface area contributed by atoms with E-state index in [-0.39, 0.29) is 6.10 Å². The molecule has 0 radical (unpaired) electrons. The fourth-order valence-corrected chi connectivity index (χ4v) is 1.38. The molecule has 0 fully saturated rings. The molecule has 90 valence electrons. The van der Waals surface area contributed by atoms with Gasteiger partial charge in [-0.05, 0) is 31.5 Å². The number of pyridine rings is 1. The summed E-state index contributed by atoms with van der Waals surface area (Å²) in [5.74, 6) is 0. The fourth-order valence-electron chi connectivity index (χ4n) is 1.38. The zero-order valence-corrected chi connectivity index (χ0v) is 9.94. The highest BCUT2D eigenvalue weighted by Gasteiger charge is 2.02. The van der Waals surface area contributed by atoms with Crippen LogP contribution in [0, 0.1) is 6.92 Å². The van der Waals surface area contributed by atoms with Crippen LogP contribution in [0.3, 0.4) is 0 Å². The van der Waals surface area contributed by atoms with Crippen LogP contribution in [-0.2, 0) is 11.3 Å². The largest absolute Gasteiger partial charge is 0.391 e. The highest BCUT2D eigenvalue weighted by molar-refractivity contribution is 5.12. The second kappa shape index (κ2) is 7.33. The minimum atomic E-state index is -0.381. The van der Waals surface area contributed by atoms with Gasteiger partial charge in [-0.2, -0.15) is 0 Å². The zero-order valence-electron chi connectivity index (χ0n) is 9.94.